The summed E-state index contributed by atoms with van der Waals surface area (Å²) in [6.45, 7) is 10.8. The third kappa shape index (κ3) is 4.66. The summed E-state index contributed by atoms with van der Waals surface area (Å²) in [5.41, 5.74) is 6.76. The second-order valence-corrected chi connectivity index (χ2v) is 12.0. The van der Waals surface area contributed by atoms with Crippen molar-refractivity contribution in [2.75, 3.05) is 63.9 Å². The summed E-state index contributed by atoms with van der Waals surface area (Å²) in [5, 5.41) is 0.993. The number of thioether (sulfide) groups is 1. The highest BCUT2D eigenvalue weighted by Gasteiger charge is 2.37. The van der Waals surface area contributed by atoms with Gasteiger partial charge in [0.1, 0.15) is 17.0 Å². The fourth-order valence-corrected chi connectivity index (χ4v) is 6.93. The van der Waals surface area contributed by atoms with E-state index in [0.29, 0.717) is 40.8 Å². The zero-order valence-corrected chi connectivity index (χ0v) is 22.6. The van der Waals surface area contributed by atoms with Gasteiger partial charge in [-0.2, -0.15) is 4.39 Å². The summed E-state index contributed by atoms with van der Waals surface area (Å²) in [7, 11) is 0. The largest absolute Gasteiger partial charge is 0.430 e. The Morgan fingerprint density at radius 1 is 1.13 bits per heavy atom. The van der Waals surface area contributed by atoms with E-state index in [-0.39, 0.29) is 5.91 Å². The highest BCUT2D eigenvalue weighted by atomic mass is 32.2. The van der Waals surface area contributed by atoms with Crippen LogP contribution in [0.25, 0.3) is 22.4 Å². The maximum Gasteiger partial charge on any atom is 0.290 e. The molecule has 1 aromatic carbocycles. The fraction of sp³-hybridized carbons (Fsp3) is 0.519. The van der Waals surface area contributed by atoms with Crippen molar-refractivity contribution < 1.29 is 18.3 Å². The van der Waals surface area contributed by atoms with E-state index in [1.165, 1.54) is 0 Å². The molecule has 2 fully saturated rings. The maximum atomic E-state index is 15.0. The van der Waals surface area contributed by atoms with Crippen LogP contribution in [0.5, 0.6) is 0 Å². The van der Waals surface area contributed by atoms with E-state index in [0.717, 1.165) is 68.6 Å². The Kier molecular flexibility index (Phi) is 6.79. The molecular formula is C27H33FN6O3S. The molecule has 11 heteroatoms. The van der Waals surface area contributed by atoms with Crippen LogP contribution in [0.2, 0.25) is 0 Å². The number of nitrogens with zero attached hydrogens (tertiary/aromatic N) is 5. The van der Waals surface area contributed by atoms with E-state index in [4.69, 9.17) is 24.9 Å². The fourth-order valence-electron chi connectivity index (χ4n) is 5.53. The van der Waals surface area contributed by atoms with Crippen molar-refractivity contribution in [2.45, 2.75) is 36.0 Å². The average Bonchev–Trinajstić information content (AvgIpc) is 3.48. The monoisotopic (exact) mass is 540 g/mol. The molecule has 1 amide bonds. The molecule has 6 rings (SSSR count). The highest BCUT2D eigenvalue weighted by Crippen LogP contribution is 2.44. The van der Waals surface area contributed by atoms with Crippen molar-refractivity contribution in [2.24, 2.45) is 5.73 Å². The lowest BCUT2D eigenvalue weighted by Crippen LogP contribution is -2.60. The number of amides is 1. The molecule has 2 N–H and O–H groups in total. The van der Waals surface area contributed by atoms with Gasteiger partial charge in [-0.05, 0) is 19.9 Å². The molecule has 1 unspecified atom stereocenters. The Morgan fingerprint density at radius 3 is 2.61 bits per heavy atom. The minimum absolute atomic E-state index is 0.292. The van der Waals surface area contributed by atoms with Gasteiger partial charge in [0.2, 0.25) is 5.91 Å². The highest BCUT2D eigenvalue weighted by molar-refractivity contribution is 8.00. The summed E-state index contributed by atoms with van der Waals surface area (Å²) in [6.07, 6.45) is 0.789. The van der Waals surface area contributed by atoms with Gasteiger partial charge in [-0.25, -0.2) is 9.97 Å². The lowest BCUT2D eigenvalue weighted by molar-refractivity contribution is -0.129. The Labute approximate surface area is 225 Å². The molecule has 38 heavy (non-hydrogen) atoms. The van der Waals surface area contributed by atoms with Crippen LogP contribution in [-0.2, 0) is 16.0 Å². The zero-order chi connectivity index (χ0) is 26.4. The number of hydrogen-bond donors (Lipinski definition) is 1. The van der Waals surface area contributed by atoms with Gasteiger partial charge in [0.25, 0.3) is 6.01 Å². The van der Waals surface area contributed by atoms with Gasteiger partial charge in [0.15, 0.2) is 5.82 Å². The molecule has 0 aliphatic carbocycles. The first-order chi connectivity index (χ1) is 18.3. The normalized spacial score (nSPS) is 21.2. The van der Waals surface area contributed by atoms with E-state index in [1.807, 2.05) is 43.8 Å². The number of rotatable bonds is 6. The number of nitrogens with two attached hydrogens (primary N) is 1. The number of aromatic nitrogens is 2. The van der Waals surface area contributed by atoms with Crippen molar-refractivity contribution in [3.8, 4) is 11.4 Å². The van der Waals surface area contributed by atoms with E-state index in [1.54, 1.807) is 6.07 Å². The zero-order valence-electron chi connectivity index (χ0n) is 21.8. The molecule has 3 aromatic rings. The number of halogens is 1. The van der Waals surface area contributed by atoms with Crippen LogP contribution in [0.3, 0.4) is 0 Å². The molecule has 1 atom stereocenters. The molecule has 0 radical (unpaired) electrons. The lowest BCUT2D eigenvalue weighted by Gasteiger charge is -2.42. The summed E-state index contributed by atoms with van der Waals surface area (Å²) in [4.78, 5) is 29.6. The van der Waals surface area contributed by atoms with E-state index in [9.17, 15) is 4.79 Å². The van der Waals surface area contributed by atoms with Crippen molar-refractivity contribution in [3.05, 3.63) is 36.0 Å². The van der Waals surface area contributed by atoms with Gasteiger partial charge in [0.05, 0.1) is 29.3 Å². The second-order valence-electron chi connectivity index (χ2n) is 10.6. The summed E-state index contributed by atoms with van der Waals surface area (Å²) < 4.78 is 26.0. The minimum Gasteiger partial charge on any atom is -0.430 e. The van der Waals surface area contributed by atoms with Crippen LogP contribution in [0.4, 0.5) is 10.2 Å². The minimum atomic E-state index is -0.655. The Morgan fingerprint density at radius 2 is 1.87 bits per heavy atom. The van der Waals surface area contributed by atoms with Crippen LogP contribution in [-0.4, -0.2) is 95.5 Å². The van der Waals surface area contributed by atoms with Crippen molar-refractivity contribution in [3.63, 3.8) is 0 Å². The number of fused-ring (bicyclic) bond motifs is 2. The summed E-state index contributed by atoms with van der Waals surface area (Å²) in [5.74, 6) is 0.939. The third-order valence-electron chi connectivity index (χ3n) is 7.94. The molecule has 0 saturated carbocycles. The number of ether oxygens (including phenoxy) is 1. The molecule has 9 nitrogen and oxygen atoms in total. The number of para-hydroxylation sites is 1. The number of carbonyl (C=O) groups is 1. The van der Waals surface area contributed by atoms with Gasteiger partial charge in [-0.1, -0.05) is 18.2 Å². The molecule has 0 bridgehead atoms. The van der Waals surface area contributed by atoms with Crippen LogP contribution in [0, 0.1) is 6.01 Å². The van der Waals surface area contributed by atoms with Gasteiger partial charge < -0.3 is 19.8 Å². The number of hydrogen-bond acceptors (Lipinski definition) is 9. The SMILES string of the molecule is CC(C)(C(N)=O)N1CCN(CC2Cc3nc(-c4c(F)oc5ccccc45)nc(N4CCOCC4)c3S2)CC1. The van der Waals surface area contributed by atoms with E-state index < -0.39 is 11.6 Å². The average molecular weight is 541 g/mol. The Hall–Kier alpha value is -2.73. The Balaban J connectivity index is 1.25. The predicted octanol–water partition coefficient (Wildman–Crippen LogP) is 2.76. The quantitative estimate of drug-likeness (QED) is 0.506. The molecule has 0 spiro atoms. The van der Waals surface area contributed by atoms with Crippen LogP contribution >= 0.6 is 11.8 Å². The summed E-state index contributed by atoms with van der Waals surface area (Å²) >= 11 is 1.82. The van der Waals surface area contributed by atoms with E-state index >= 15 is 4.39 Å². The number of anilines is 1. The topological polar surface area (TPSA) is 101 Å². The summed E-state index contributed by atoms with van der Waals surface area (Å²) in [6, 6.07) is 6.65. The van der Waals surface area contributed by atoms with Gasteiger partial charge in [-0.3, -0.25) is 14.6 Å². The number of carbonyl (C=O) groups excluding carboxylic acids is 1. The van der Waals surface area contributed by atoms with Gasteiger partial charge >= 0.3 is 0 Å². The number of furan rings is 1. The number of benzene rings is 1. The maximum absolute atomic E-state index is 15.0. The van der Waals surface area contributed by atoms with Crippen molar-refractivity contribution in [1.82, 2.24) is 19.8 Å². The first-order valence-corrected chi connectivity index (χ1v) is 14.0. The van der Waals surface area contributed by atoms with Crippen LogP contribution in [0.1, 0.15) is 19.5 Å². The van der Waals surface area contributed by atoms with E-state index in [2.05, 4.69) is 14.7 Å². The number of morpholine rings is 1. The van der Waals surface area contributed by atoms with Crippen LogP contribution in [0.15, 0.2) is 33.6 Å². The van der Waals surface area contributed by atoms with Crippen LogP contribution < -0.4 is 10.6 Å². The molecule has 202 valence electrons. The van der Waals surface area contributed by atoms with Gasteiger partial charge in [-0.15, -0.1) is 11.8 Å². The predicted molar refractivity (Wildman–Crippen MR) is 145 cm³/mol. The molecule has 3 aliphatic heterocycles. The first kappa shape index (κ1) is 25.5. The molecule has 5 heterocycles. The number of primary amides is 1. The van der Waals surface area contributed by atoms with Gasteiger partial charge in [0, 0.05) is 62.9 Å². The standard InChI is InChI=1S/C27H33FN6O3S/c1-27(2,26(29)35)34-9-7-32(8-10-34)16-17-15-19-22(38-17)25(33-11-13-36-14-12-33)31-24(30-19)21-18-5-3-4-6-20(18)37-23(21)28/h3-6,17H,7-16H2,1-2H3,(H2,29,35). The van der Waals surface area contributed by atoms with Crippen molar-refractivity contribution >= 4 is 34.5 Å². The molecule has 3 aliphatic rings. The Bertz CT molecular complexity index is 1350. The number of piperazine rings is 1. The lowest BCUT2D eigenvalue weighted by atomic mass is 10.0. The first-order valence-electron chi connectivity index (χ1n) is 13.2. The third-order valence-corrected chi connectivity index (χ3v) is 9.24. The molecule has 2 aromatic heterocycles. The smallest absolute Gasteiger partial charge is 0.290 e. The van der Waals surface area contributed by atoms with Crippen molar-refractivity contribution in [1.29, 1.82) is 0 Å². The second kappa shape index (κ2) is 10.1. The molecular weight excluding hydrogens is 507 g/mol. The molecule has 2 saturated heterocycles.